The van der Waals surface area contributed by atoms with Crippen LogP contribution in [-0.4, -0.2) is 23.3 Å². The standard InChI is InChI=1S/C21H21ClN4O2/c1-14-9-20(24-12-16-5-6-18-19(11-16)28-13-27-18)26-21(25-14)23-8-7-15-3-2-4-17(22)10-15/h2-6,9-11H,7-8,12-13H2,1H3,(H2,23,24,25,26). The highest BCUT2D eigenvalue weighted by Crippen LogP contribution is 2.32. The quantitative estimate of drug-likeness (QED) is 0.615. The molecule has 7 heteroatoms. The molecule has 1 aliphatic heterocycles. The Hall–Kier alpha value is -2.99. The molecular formula is C21H21ClN4O2. The fourth-order valence-corrected chi connectivity index (χ4v) is 3.21. The summed E-state index contributed by atoms with van der Waals surface area (Å²) in [6.45, 7) is 3.59. The minimum Gasteiger partial charge on any atom is -0.454 e. The van der Waals surface area contributed by atoms with E-state index in [-0.39, 0.29) is 6.79 Å². The zero-order valence-corrected chi connectivity index (χ0v) is 16.3. The van der Waals surface area contributed by atoms with Crippen molar-refractivity contribution < 1.29 is 9.47 Å². The van der Waals surface area contributed by atoms with Crippen molar-refractivity contribution in [3.8, 4) is 11.5 Å². The first-order chi connectivity index (χ1) is 13.7. The first-order valence-electron chi connectivity index (χ1n) is 9.12. The van der Waals surface area contributed by atoms with Gasteiger partial charge in [-0.3, -0.25) is 0 Å². The fraction of sp³-hybridized carbons (Fsp3) is 0.238. The molecule has 6 nitrogen and oxygen atoms in total. The van der Waals surface area contributed by atoms with E-state index < -0.39 is 0 Å². The molecule has 0 unspecified atom stereocenters. The molecule has 0 fully saturated rings. The van der Waals surface area contributed by atoms with Crippen LogP contribution in [0.4, 0.5) is 11.8 Å². The summed E-state index contributed by atoms with van der Waals surface area (Å²) in [6, 6.07) is 15.7. The topological polar surface area (TPSA) is 68.3 Å². The van der Waals surface area contributed by atoms with Crippen molar-refractivity contribution >= 4 is 23.4 Å². The van der Waals surface area contributed by atoms with E-state index in [0.29, 0.717) is 12.5 Å². The number of benzene rings is 2. The predicted molar refractivity (Wildman–Crippen MR) is 110 cm³/mol. The summed E-state index contributed by atoms with van der Waals surface area (Å²) in [5, 5.41) is 7.38. The van der Waals surface area contributed by atoms with Gasteiger partial charge in [0.1, 0.15) is 5.82 Å². The Morgan fingerprint density at radius 2 is 1.86 bits per heavy atom. The number of anilines is 2. The molecule has 0 spiro atoms. The van der Waals surface area contributed by atoms with Crippen LogP contribution < -0.4 is 20.1 Å². The van der Waals surface area contributed by atoms with Crippen LogP contribution in [0.1, 0.15) is 16.8 Å². The Bertz CT molecular complexity index is 980. The Kier molecular flexibility index (Phi) is 5.48. The molecule has 2 aromatic carbocycles. The van der Waals surface area contributed by atoms with Gasteiger partial charge >= 0.3 is 0 Å². The predicted octanol–water partition coefficient (Wildman–Crippen LogP) is 4.43. The average molecular weight is 397 g/mol. The number of halogens is 1. The van der Waals surface area contributed by atoms with E-state index in [1.165, 1.54) is 5.56 Å². The normalized spacial score (nSPS) is 12.1. The van der Waals surface area contributed by atoms with Gasteiger partial charge in [-0.25, -0.2) is 4.98 Å². The number of aryl methyl sites for hydroxylation is 1. The van der Waals surface area contributed by atoms with E-state index in [1.807, 2.05) is 49.4 Å². The second-order valence-electron chi connectivity index (χ2n) is 6.57. The number of nitrogens with one attached hydrogen (secondary N) is 2. The molecule has 0 saturated carbocycles. The first kappa shape index (κ1) is 18.4. The van der Waals surface area contributed by atoms with Gasteiger partial charge in [-0.2, -0.15) is 4.98 Å². The summed E-state index contributed by atoms with van der Waals surface area (Å²) in [6.07, 6.45) is 0.845. The van der Waals surface area contributed by atoms with Gasteiger partial charge < -0.3 is 20.1 Å². The molecule has 0 amide bonds. The number of hydrogen-bond donors (Lipinski definition) is 2. The molecule has 2 N–H and O–H groups in total. The number of nitrogens with zero attached hydrogens (tertiary/aromatic N) is 2. The molecule has 144 valence electrons. The molecule has 28 heavy (non-hydrogen) atoms. The maximum Gasteiger partial charge on any atom is 0.231 e. The van der Waals surface area contributed by atoms with Crippen molar-refractivity contribution in [1.29, 1.82) is 0 Å². The van der Waals surface area contributed by atoms with E-state index >= 15 is 0 Å². The van der Waals surface area contributed by atoms with Crippen molar-refractivity contribution in [2.75, 3.05) is 24.0 Å². The largest absolute Gasteiger partial charge is 0.454 e. The van der Waals surface area contributed by atoms with Crippen LogP contribution >= 0.6 is 11.6 Å². The van der Waals surface area contributed by atoms with Crippen LogP contribution in [0.3, 0.4) is 0 Å². The SMILES string of the molecule is Cc1cc(NCc2ccc3c(c2)OCO3)nc(NCCc2cccc(Cl)c2)n1. The molecule has 0 bridgehead atoms. The fourth-order valence-electron chi connectivity index (χ4n) is 2.99. The van der Waals surface area contributed by atoms with Crippen LogP contribution in [0.5, 0.6) is 11.5 Å². The third-order valence-electron chi connectivity index (χ3n) is 4.35. The monoisotopic (exact) mass is 396 g/mol. The molecule has 0 saturated heterocycles. The molecule has 1 aliphatic rings. The van der Waals surface area contributed by atoms with Crippen molar-refractivity contribution in [3.05, 3.63) is 70.4 Å². The molecule has 2 heterocycles. The molecule has 0 aliphatic carbocycles. The van der Waals surface area contributed by atoms with Gasteiger partial charge in [-0.1, -0.05) is 29.8 Å². The highest BCUT2D eigenvalue weighted by atomic mass is 35.5. The second-order valence-corrected chi connectivity index (χ2v) is 7.00. The van der Waals surface area contributed by atoms with Crippen molar-refractivity contribution in [2.24, 2.45) is 0 Å². The third-order valence-corrected chi connectivity index (χ3v) is 4.59. The van der Waals surface area contributed by atoms with Gasteiger partial charge in [0.2, 0.25) is 12.7 Å². The lowest BCUT2D eigenvalue weighted by Crippen LogP contribution is -2.10. The second kappa shape index (κ2) is 8.35. The number of fused-ring (bicyclic) bond motifs is 1. The van der Waals surface area contributed by atoms with E-state index in [9.17, 15) is 0 Å². The molecule has 0 radical (unpaired) electrons. The lowest BCUT2D eigenvalue weighted by atomic mass is 10.1. The smallest absolute Gasteiger partial charge is 0.231 e. The number of hydrogen-bond acceptors (Lipinski definition) is 6. The van der Waals surface area contributed by atoms with Gasteiger partial charge in [-0.05, 0) is 48.7 Å². The summed E-state index contributed by atoms with van der Waals surface area (Å²) in [7, 11) is 0. The van der Waals surface area contributed by atoms with Gasteiger partial charge in [0.25, 0.3) is 0 Å². The van der Waals surface area contributed by atoms with E-state index in [0.717, 1.165) is 46.6 Å². The van der Waals surface area contributed by atoms with Crippen molar-refractivity contribution in [3.63, 3.8) is 0 Å². The van der Waals surface area contributed by atoms with Crippen LogP contribution in [0.15, 0.2) is 48.5 Å². The highest BCUT2D eigenvalue weighted by Gasteiger charge is 2.13. The summed E-state index contributed by atoms with van der Waals surface area (Å²) < 4.78 is 10.8. The van der Waals surface area contributed by atoms with E-state index in [1.54, 1.807) is 0 Å². The van der Waals surface area contributed by atoms with Gasteiger partial charge in [0.15, 0.2) is 11.5 Å². The summed E-state index contributed by atoms with van der Waals surface area (Å²) in [5.41, 5.74) is 3.17. The van der Waals surface area contributed by atoms with Crippen LogP contribution in [0, 0.1) is 6.92 Å². The first-order valence-corrected chi connectivity index (χ1v) is 9.50. The van der Waals surface area contributed by atoms with Crippen molar-refractivity contribution in [1.82, 2.24) is 9.97 Å². The van der Waals surface area contributed by atoms with Crippen LogP contribution in [0.2, 0.25) is 5.02 Å². The Balaban J connectivity index is 1.35. The lowest BCUT2D eigenvalue weighted by molar-refractivity contribution is 0.174. The average Bonchev–Trinajstić information content (AvgIpc) is 3.14. The minimum absolute atomic E-state index is 0.279. The highest BCUT2D eigenvalue weighted by molar-refractivity contribution is 6.30. The summed E-state index contributed by atoms with van der Waals surface area (Å²) in [4.78, 5) is 9.01. The molecule has 3 aromatic rings. The van der Waals surface area contributed by atoms with Gasteiger partial charge in [0, 0.05) is 29.9 Å². The molecule has 4 rings (SSSR count). The number of ether oxygens (including phenoxy) is 2. The van der Waals surface area contributed by atoms with E-state index in [2.05, 4.69) is 26.7 Å². The maximum atomic E-state index is 6.03. The minimum atomic E-state index is 0.279. The molecule has 0 atom stereocenters. The Labute approximate surface area is 168 Å². The van der Waals surface area contributed by atoms with Gasteiger partial charge in [-0.15, -0.1) is 0 Å². The van der Waals surface area contributed by atoms with Crippen LogP contribution in [-0.2, 0) is 13.0 Å². The summed E-state index contributed by atoms with van der Waals surface area (Å²) >= 11 is 6.03. The zero-order chi connectivity index (χ0) is 19.3. The summed E-state index contributed by atoms with van der Waals surface area (Å²) in [5.74, 6) is 2.94. The Morgan fingerprint density at radius 3 is 2.75 bits per heavy atom. The molecule has 1 aromatic heterocycles. The van der Waals surface area contributed by atoms with Crippen LogP contribution in [0.25, 0.3) is 0 Å². The zero-order valence-electron chi connectivity index (χ0n) is 15.5. The number of rotatable bonds is 7. The Morgan fingerprint density at radius 1 is 0.964 bits per heavy atom. The maximum absolute atomic E-state index is 6.03. The molecular weight excluding hydrogens is 376 g/mol. The van der Waals surface area contributed by atoms with Crippen molar-refractivity contribution in [2.45, 2.75) is 19.9 Å². The third kappa shape index (κ3) is 4.64. The number of aromatic nitrogens is 2. The van der Waals surface area contributed by atoms with Gasteiger partial charge in [0.05, 0.1) is 0 Å². The van der Waals surface area contributed by atoms with E-state index in [4.69, 9.17) is 21.1 Å². The lowest BCUT2D eigenvalue weighted by Gasteiger charge is -2.10.